The quantitative estimate of drug-likeness (QED) is 0.695. The van der Waals surface area contributed by atoms with E-state index in [0.717, 1.165) is 13.2 Å². The number of hydrogen-bond donors (Lipinski definition) is 0. The first kappa shape index (κ1) is 13.8. The fraction of sp³-hybridized carbons (Fsp3) is 1.00. The van der Waals surface area contributed by atoms with Crippen molar-refractivity contribution in [3.63, 3.8) is 0 Å². The van der Waals surface area contributed by atoms with Crippen LogP contribution in [0.2, 0.25) is 8.87 Å². The van der Waals surface area contributed by atoms with E-state index in [-0.39, 0.29) is 0 Å². The number of hydrogen-bond acceptors (Lipinski definition) is 2. The second-order valence-electron chi connectivity index (χ2n) is 4.84. The van der Waals surface area contributed by atoms with Crippen LogP contribution in [0.25, 0.3) is 0 Å². The van der Waals surface area contributed by atoms with Gasteiger partial charge in [-0.3, -0.25) is 0 Å². The SMILES string of the molecule is CCC[CH2][Sn]1([CH2]CCC)[O]CC(C)C[O]1. The Hall–Kier alpha value is 0.719. The number of unbranched alkanes of at least 4 members (excludes halogenated alkanes) is 2. The zero-order valence-corrected chi connectivity index (χ0v) is 13.4. The van der Waals surface area contributed by atoms with Crippen LogP contribution in [0, 0.1) is 5.92 Å². The van der Waals surface area contributed by atoms with Gasteiger partial charge in [-0.15, -0.1) is 0 Å². The van der Waals surface area contributed by atoms with Crippen LogP contribution in [0.15, 0.2) is 0 Å². The zero-order chi connectivity index (χ0) is 11.1. The van der Waals surface area contributed by atoms with E-state index in [0.29, 0.717) is 5.92 Å². The first-order chi connectivity index (χ1) is 7.22. The van der Waals surface area contributed by atoms with Gasteiger partial charge in [0.2, 0.25) is 0 Å². The van der Waals surface area contributed by atoms with E-state index in [1.807, 2.05) is 0 Å². The molecule has 0 N–H and O–H groups in total. The first-order valence-corrected chi connectivity index (χ1v) is 12.9. The molecule has 0 aromatic carbocycles. The molecule has 15 heavy (non-hydrogen) atoms. The van der Waals surface area contributed by atoms with Crippen LogP contribution in [0.3, 0.4) is 0 Å². The van der Waals surface area contributed by atoms with E-state index >= 15 is 0 Å². The monoisotopic (exact) mass is 322 g/mol. The second-order valence-corrected chi connectivity index (χ2v) is 14.5. The molecule has 1 fully saturated rings. The molecule has 1 heterocycles. The van der Waals surface area contributed by atoms with Crippen molar-refractivity contribution in [1.82, 2.24) is 0 Å². The van der Waals surface area contributed by atoms with E-state index in [1.165, 1.54) is 34.6 Å². The summed E-state index contributed by atoms with van der Waals surface area (Å²) in [5.74, 6) is 0.609. The maximum atomic E-state index is 6.17. The van der Waals surface area contributed by atoms with Crippen molar-refractivity contribution in [1.29, 1.82) is 0 Å². The van der Waals surface area contributed by atoms with Gasteiger partial charge in [0.1, 0.15) is 0 Å². The van der Waals surface area contributed by atoms with Crippen molar-refractivity contribution in [2.75, 3.05) is 13.2 Å². The zero-order valence-electron chi connectivity index (χ0n) is 10.6. The van der Waals surface area contributed by atoms with Gasteiger partial charge in [0, 0.05) is 0 Å². The molecule has 0 saturated carbocycles. The molecule has 1 aliphatic heterocycles. The molecule has 1 rings (SSSR count). The first-order valence-electron chi connectivity index (χ1n) is 6.50. The molecule has 1 aliphatic rings. The fourth-order valence-corrected chi connectivity index (χ4v) is 13.0. The van der Waals surface area contributed by atoms with E-state index in [2.05, 4.69) is 20.8 Å². The van der Waals surface area contributed by atoms with Gasteiger partial charge in [-0.1, -0.05) is 0 Å². The van der Waals surface area contributed by atoms with Crippen LogP contribution in [-0.4, -0.2) is 32.4 Å². The molecular formula is C12H26O2Sn. The molecule has 0 bridgehead atoms. The van der Waals surface area contributed by atoms with Crippen LogP contribution in [0.5, 0.6) is 0 Å². The summed E-state index contributed by atoms with van der Waals surface area (Å²) in [5, 5.41) is 0. The topological polar surface area (TPSA) is 18.5 Å². The van der Waals surface area contributed by atoms with Gasteiger partial charge >= 0.3 is 99.8 Å². The molecule has 1 saturated heterocycles. The predicted molar refractivity (Wildman–Crippen MR) is 66.3 cm³/mol. The molecule has 0 atom stereocenters. The summed E-state index contributed by atoms with van der Waals surface area (Å²) in [4.78, 5) is 0. The van der Waals surface area contributed by atoms with Crippen molar-refractivity contribution in [3.8, 4) is 0 Å². The molecule has 0 aliphatic carbocycles. The van der Waals surface area contributed by atoms with E-state index < -0.39 is 19.2 Å². The van der Waals surface area contributed by atoms with Gasteiger partial charge in [0.25, 0.3) is 0 Å². The summed E-state index contributed by atoms with van der Waals surface area (Å²) in [6, 6.07) is 0. The Morgan fingerprint density at radius 1 is 1.00 bits per heavy atom. The van der Waals surface area contributed by atoms with Gasteiger partial charge in [-0.05, 0) is 0 Å². The average molecular weight is 321 g/mol. The van der Waals surface area contributed by atoms with Crippen LogP contribution in [0.4, 0.5) is 0 Å². The van der Waals surface area contributed by atoms with Gasteiger partial charge in [-0.25, -0.2) is 0 Å². The van der Waals surface area contributed by atoms with E-state index in [1.54, 1.807) is 0 Å². The van der Waals surface area contributed by atoms with Crippen molar-refractivity contribution >= 4 is 19.2 Å². The van der Waals surface area contributed by atoms with Crippen LogP contribution in [-0.2, 0) is 6.15 Å². The van der Waals surface area contributed by atoms with Gasteiger partial charge in [0.05, 0.1) is 0 Å². The Labute approximate surface area is 99.7 Å². The molecule has 0 amide bonds. The number of rotatable bonds is 6. The molecule has 90 valence electrons. The van der Waals surface area contributed by atoms with Gasteiger partial charge in [0.15, 0.2) is 0 Å². The molecule has 0 unspecified atom stereocenters. The van der Waals surface area contributed by atoms with Crippen molar-refractivity contribution in [2.45, 2.75) is 55.3 Å². The summed E-state index contributed by atoms with van der Waals surface area (Å²) in [5.41, 5.74) is 0. The molecular weight excluding hydrogens is 295 g/mol. The molecule has 3 heteroatoms. The summed E-state index contributed by atoms with van der Waals surface area (Å²) in [7, 11) is 0. The Bertz CT molecular complexity index is 147. The summed E-state index contributed by atoms with van der Waals surface area (Å²) in [6.45, 7) is 8.65. The fourth-order valence-electron chi connectivity index (χ4n) is 1.98. The summed E-state index contributed by atoms with van der Waals surface area (Å²) < 4.78 is 14.9. The predicted octanol–water partition coefficient (Wildman–Crippen LogP) is 3.71. The molecule has 2 nitrogen and oxygen atoms in total. The standard InChI is InChI=1S/C4H8O2.2C4H9.Sn/c1-4(2-5)3-6;2*1-3-4-2;/h4H,2-3H2,1H3;2*1,3-4H2,2H3;/q-2;;;+2. The van der Waals surface area contributed by atoms with Gasteiger partial charge in [-0.2, -0.15) is 0 Å². The Balaban J connectivity index is 2.44. The Kier molecular flexibility index (Phi) is 6.55. The minimum absolute atomic E-state index is 0.609. The maximum absolute atomic E-state index is 6.17. The van der Waals surface area contributed by atoms with Gasteiger partial charge < -0.3 is 0 Å². The third-order valence-corrected chi connectivity index (χ3v) is 13.4. The van der Waals surface area contributed by atoms with Crippen molar-refractivity contribution in [2.24, 2.45) is 5.92 Å². The van der Waals surface area contributed by atoms with E-state index in [4.69, 9.17) is 6.15 Å². The summed E-state index contributed by atoms with van der Waals surface area (Å²) >= 11 is -2.55. The van der Waals surface area contributed by atoms with Crippen molar-refractivity contribution in [3.05, 3.63) is 0 Å². The normalized spacial score (nSPS) is 21.8. The third-order valence-electron chi connectivity index (χ3n) is 3.08. The Morgan fingerprint density at radius 2 is 1.47 bits per heavy atom. The average Bonchev–Trinajstić information content (AvgIpc) is 2.27. The molecule has 0 spiro atoms. The van der Waals surface area contributed by atoms with Crippen LogP contribution < -0.4 is 0 Å². The van der Waals surface area contributed by atoms with Crippen molar-refractivity contribution < 1.29 is 6.15 Å². The van der Waals surface area contributed by atoms with Crippen LogP contribution >= 0.6 is 0 Å². The molecule has 0 aromatic rings. The van der Waals surface area contributed by atoms with E-state index in [9.17, 15) is 0 Å². The second kappa shape index (κ2) is 7.12. The van der Waals surface area contributed by atoms with Crippen LogP contribution in [0.1, 0.15) is 46.5 Å². The Morgan fingerprint density at radius 3 is 1.87 bits per heavy atom. The minimum atomic E-state index is -2.55. The molecule has 0 aromatic heterocycles. The third kappa shape index (κ3) is 4.61. The summed E-state index contributed by atoms with van der Waals surface area (Å²) in [6.07, 6.45) is 5.14. The molecule has 0 radical (unpaired) electrons.